The highest BCUT2D eigenvalue weighted by Crippen LogP contribution is 2.11. The summed E-state index contributed by atoms with van der Waals surface area (Å²) in [5.74, 6) is 0.927. The minimum atomic E-state index is -1.00. The summed E-state index contributed by atoms with van der Waals surface area (Å²) < 4.78 is 42.7. The number of benzene rings is 2. The summed E-state index contributed by atoms with van der Waals surface area (Å²) in [7, 11) is -1.00. The van der Waals surface area contributed by atoms with Crippen molar-refractivity contribution >= 4 is 10.8 Å². The van der Waals surface area contributed by atoms with E-state index in [0.717, 1.165) is 5.56 Å². The summed E-state index contributed by atoms with van der Waals surface area (Å²) in [4.78, 5) is 0. The predicted octanol–water partition coefficient (Wildman–Crippen LogP) is 3.68. The second-order valence-corrected chi connectivity index (χ2v) is 6.15. The number of halogens is 2. The monoisotopic (exact) mass is 310 g/mol. The summed E-state index contributed by atoms with van der Waals surface area (Å²) in [6.45, 7) is 0.431. The maximum atomic E-state index is 12.7. The van der Waals surface area contributed by atoms with Crippen molar-refractivity contribution in [2.75, 3.05) is 12.4 Å². The van der Waals surface area contributed by atoms with Gasteiger partial charge >= 0.3 is 0 Å². The fourth-order valence-corrected chi connectivity index (χ4v) is 2.93. The van der Waals surface area contributed by atoms with Gasteiger partial charge in [-0.3, -0.25) is 4.21 Å². The highest BCUT2D eigenvalue weighted by molar-refractivity contribution is 7.84. The van der Waals surface area contributed by atoms with Crippen molar-refractivity contribution in [2.45, 2.75) is 12.2 Å². The van der Waals surface area contributed by atoms with Crippen LogP contribution in [0, 0.1) is 11.6 Å². The van der Waals surface area contributed by atoms with Crippen molar-refractivity contribution in [3.05, 3.63) is 65.7 Å². The minimum absolute atomic E-state index is 0.294. The van der Waals surface area contributed by atoms with Crippen LogP contribution in [0.25, 0.3) is 0 Å². The molecule has 2 aromatic rings. The first-order chi connectivity index (χ1) is 10.1. The molecule has 0 saturated carbocycles. The molecule has 0 heterocycles. The van der Waals surface area contributed by atoms with Gasteiger partial charge in [0.2, 0.25) is 0 Å². The van der Waals surface area contributed by atoms with Crippen LogP contribution in [-0.2, 0) is 16.6 Å². The first kappa shape index (κ1) is 15.6. The van der Waals surface area contributed by atoms with E-state index in [1.165, 1.54) is 24.3 Å². The molecule has 0 saturated heterocycles. The van der Waals surface area contributed by atoms with E-state index in [0.29, 0.717) is 30.3 Å². The van der Waals surface area contributed by atoms with Crippen LogP contribution in [-0.4, -0.2) is 16.6 Å². The third kappa shape index (κ3) is 5.63. The van der Waals surface area contributed by atoms with Crippen molar-refractivity contribution < 1.29 is 17.7 Å². The first-order valence-electron chi connectivity index (χ1n) is 6.61. The average Bonchev–Trinajstić information content (AvgIpc) is 2.48. The van der Waals surface area contributed by atoms with Gasteiger partial charge in [0.15, 0.2) is 0 Å². The lowest BCUT2D eigenvalue weighted by molar-refractivity contribution is 0.318. The van der Waals surface area contributed by atoms with Crippen LogP contribution in [0.2, 0.25) is 0 Å². The molecule has 1 unspecified atom stereocenters. The Morgan fingerprint density at radius 3 is 2.10 bits per heavy atom. The van der Waals surface area contributed by atoms with Crippen molar-refractivity contribution in [1.82, 2.24) is 0 Å². The van der Waals surface area contributed by atoms with Crippen LogP contribution < -0.4 is 4.74 Å². The van der Waals surface area contributed by atoms with Crippen molar-refractivity contribution in [2.24, 2.45) is 0 Å². The van der Waals surface area contributed by atoms with Crippen molar-refractivity contribution in [1.29, 1.82) is 0 Å². The van der Waals surface area contributed by atoms with E-state index >= 15 is 0 Å². The van der Waals surface area contributed by atoms with Gasteiger partial charge in [0.05, 0.1) is 6.61 Å². The quantitative estimate of drug-likeness (QED) is 0.729. The number of rotatable bonds is 7. The van der Waals surface area contributed by atoms with E-state index in [2.05, 4.69) is 0 Å². The largest absolute Gasteiger partial charge is 0.494 e. The molecule has 2 nitrogen and oxygen atoms in total. The molecule has 0 N–H and O–H groups in total. The SMILES string of the molecule is O=S(CCCOc1ccc(F)cc1)Cc1ccc(F)cc1. The molecule has 112 valence electrons. The lowest BCUT2D eigenvalue weighted by Crippen LogP contribution is -2.06. The van der Waals surface area contributed by atoms with Gasteiger partial charge in [-0.1, -0.05) is 12.1 Å². The molecule has 1 atom stereocenters. The molecular weight excluding hydrogens is 294 g/mol. The van der Waals surface area contributed by atoms with Gasteiger partial charge in [-0.2, -0.15) is 0 Å². The number of hydrogen-bond donors (Lipinski definition) is 0. The predicted molar refractivity (Wildman–Crippen MR) is 79.6 cm³/mol. The Morgan fingerprint density at radius 2 is 1.48 bits per heavy atom. The molecule has 0 bridgehead atoms. The standard InChI is InChI=1S/C16H16F2O2S/c17-14-4-2-13(3-5-14)12-21(19)11-1-10-20-16-8-6-15(18)7-9-16/h2-9H,1,10-12H2. The molecule has 21 heavy (non-hydrogen) atoms. The van der Waals surface area contributed by atoms with Gasteiger partial charge in [0.25, 0.3) is 0 Å². The Hall–Kier alpha value is -1.75. The van der Waals surface area contributed by atoms with Gasteiger partial charge in [0, 0.05) is 22.3 Å². The highest BCUT2D eigenvalue weighted by atomic mass is 32.2. The van der Waals surface area contributed by atoms with E-state index in [1.807, 2.05) is 0 Å². The summed E-state index contributed by atoms with van der Waals surface area (Å²) in [6.07, 6.45) is 0.644. The molecule has 5 heteroatoms. The zero-order chi connectivity index (χ0) is 15.1. The van der Waals surface area contributed by atoms with E-state index < -0.39 is 10.8 Å². The molecule has 0 fully saturated rings. The molecule has 0 radical (unpaired) electrons. The van der Waals surface area contributed by atoms with E-state index in [4.69, 9.17) is 4.74 Å². The Balaban J connectivity index is 1.67. The van der Waals surface area contributed by atoms with E-state index in [1.54, 1.807) is 24.3 Å². The molecule has 0 aromatic heterocycles. The third-order valence-corrected chi connectivity index (χ3v) is 4.24. The van der Waals surface area contributed by atoms with Gasteiger partial charge in [-0.25, -0.2) is 8.78 Å². The number of hydrogen-bond acceptors (Lipinski definition) is 2. The maximum Gasteiger partial charge on any atom is 0.123 e. The Morgan fingerprint density at radius 1 is 0.905 bits per heavy atom. The van der Waals surface area contributed by atoms with Gasteiger partial charge < -0.3 is 4.74 Å². The fraction of sp³-hybridized carbons (Fsp3) is 0.250. The summed E-state index contributed by atoms with van der Waals surface area (Å²) in [5, 5.41) is 0. The zero-order valence-electron chi connectivity index (χ0n) is 11.4. The van der Waals surface area contributed by atoms with Crippen LogP contribution in [0.5, 0.6) is 5.75 Å². The first-order valence-corrected chi connectivity index (χ1v) is 8.10. The minimum Gasteiger partial charge on any atom is -0.494 e. The second kappa shape index (κ2) is 7.88. The smallest absolute Gasteiger partial charge is 0.123 e. The van der Waals surface area contributed by atoms with Crippen LogP contribution in [0.3, 0.4) is 0 Å². The van der Waals surface area contributed by atoms with Crippen LogP contribution >= 0.6 is 0 Å². The molecule has 2 rings (SSSR count). The van der Waals surface area contributed by atoms with Crippen molar-refractivity contribution in [3.63, 3.8) is 0 Å². The highest BCUT2D eigenvalue weighted by Gasteiger charge is 2.03. The van der Waals surface area contributed by atoms with Gasteiger partial charge in [-0.15, -0.1) is 0 Å². The normalized spacial score (nSPS) is 12.1. The number of ether oxygens (including phenoxy) is 1. The molecule has 0 spiro atoms. The van der Waals surface area contributed by atoms with Crippen LogP contribution in [0.4, 0.5) is 8.78 Å². The fourth-order valence-electron chi connectivity index (χ4n) is 1.78. The topological polar surface area (TPSA) is 26.3 Å². The third-order valence-electron chi connectivity index (χ3n) is 2.84. The molecular formula is C16H16F2O2S. The molecule has 0 aliphatic rings. The molecule has 2 aromatic carbocycles. The average molecular weight is 310 g/mol. The lowest BCUT2D eigenvalue weighted by atomic mass is 10.2. The van der Waals surface area contributed by atoms with E-state index in [-0.39, 0.29) is 11.6 Å². The Bertz CT molecular complexity index is 582. The van der Waals surface area contributed by atoms with Gasteiger partial charge in [-0.05, 0) is 48.4 Å². The van der Waals surface area contributed by atoms with Crippen LogP contribution in [0.15, 0.2) is 48.5 Å². The Kier molecular flexibility index (Phi) is 5.87. The summed E-state index contributed by atoms with van der Waals surface area (Å²) >= 11 is 0. The summed E-state index contributed by atoms with van der Waals surface area (Å²) in [6, 6.07) is 11.8. The molecule has 0 aliphatic carbocycles. The van der Waals surface area contributed by atoms with Crippen molar-refractivity contribution in [3.8, 4) is 5.75 Å². The van der Waals surface area contributed by atoms with Gasteiger partial charge in [0.1, 0.15) is 17.4 Å². The summed E-state index contributed by atoms with van der Waals surface area (Å²) in [5.41, 5.74) is 0.856. The second-order valence-electron chi connectivity index (χ2n) is 4.57. The zero-order valence-corrected chi connectivity index (χ0v) is 12.2. The Labute approximate surface area is 125 Å². The van der Waals surface area contributed by atoms with Crippen LogP contribution in [0.1, 0.15) is 12.0 Å². The molecule has 0 amide bonds. The van der Waals surface area contributed by atoms with E-state index in [9.17, 15) is 13.0 Å². The lowest BCUT2D eigenvalue weighted by Gasteiger charge is -2.06. The molecule has 0 aliphatic heterocycles. The maximum absolute atomic E-state index is 12.7.